The zero-order valence-corrected chi connectivity index (χ0v) is 27.7. The van der Waals surface area contributed by atoms with Crippen LogP contribution in [0, 0.1) is 0 Å². The molecule has 3 saturated heterocycles. The van der Waals surface area contributed by atoms with Gasteiger partial charge in [-0.15, -0.1) is 0 Å². The van der Waals surface area contributed by atoms with Gasteiger partial charge in [-0.05, 0) is 17.9 Å². The molecule has 15 nitrogen and oxygen atoms in total. The number of carbonyl (C=O) groups is 4. The quantitative estimate of drug-likeness (QED) is 0.142. The highest BCUT2D eigenvalue weighted by Crippen LogP contribution is 2.46. The Morgan fingerprint density at radius 2 is 1.91 bits per heavy atom. The molecule has 1 aromatic carbocycles. The van der Waals surface area contributed by atoms with Gasteiger partial charge in [0.15, 0.2) is 5.66 Å². The SMILES string of the molecule is C=C1N[C@H]2[C@H](CN3C(=O)CCC3=O)N=C(NC(=O)OCC(Cl)(Cl)Cl)N3C[C@H](NC(=O)c4cccc5c4OCCC5(C)C)C(O)(O)[C@]23N1. The van der Waals surface area contributed by atoms with Gasteiger partial charge in [-0.25, -0.2) is 9.79 Å². The molecule has 6 N–H and O–H groups in total. The van der Waals surface area contributed by atoms with Crippen molar-refractivity contribution in [2.75, 3.05) is 26.3 Å². The number of aliphatic hydroxyl groups is 2. The number of aliphatic imine (C=N–C) groups is 1. The number of carbonyl (C=O) groups excluding carboxylic acids is 4. The first-order chi connectivity index (χ1) is 21.9. The highest BCUT2D eigenvalue weighted by atomic mass is 35.6. The van der Waals surface area contributed by atoms with Crippen LogP contribution < -0.4 is 26.0 Å². The summed E-state index contributed by atoms with van der Waals surface area (Å²) in [6.07, 6.45) is -0.302. The van der Waals surface area contributed by atoms with Gasteiger partial charge in [0.05, 0.1) is 36.6 Å². The van der Waals surface area contributed by atoms with Crippen LogP contribution in [0.25, 0.3) is 0 Å². The van der Waals surface area contributed by atoms with Crippen LogP contribution in [0.1, 0.15) is 49.0 Å². The number of nitrogens with zero attached hydrogens (tertiary/aromatic N) is 3. The summed E-state index contributed by atoms with van der Waals surface area (Å²) in [5.74, 6) is -3.92. The Morgan fingerprint density at radius 1 is 1.21 bits per heavy atom. The number of benzene rings is 1. The summed E-state index contributed by atoms with van der Waals surface area (Å²) in [5, 5.41) is 35.3. The Balaban J connectivity index is 1.35. The number of guanidine groups is 1. The second kappa shape index (κ2) is 11.6. The van der Waals surface area contributed by atoms with E-state index in [2.05, 4.69) is 32.8 Å². The summed E-state index contributed by atoms with van der Waals surface area (Å²) in [7, 11) is 0. The van der Waals surface area contributed by atoms with Crippen molar-refractivity contribution in [2.45, 2.75) is 71.9 Å². The second-order valence-electron chi connectivity index (χ2n) is 12.8. The molecule has 5 heterocycles. The molecule has 254 valence electrons. The van der Waals surface area contributed by atoms with Gasteiger partial charge in [0, 0.05) is 24.9 Å². The molecule has 4 atom stereocenters. The van der Waals surface area contributed by atoms with Crippen molar-refractivity contribution in [3.8, 4) is 5.75 Å². The number of ether oxygens (including phenoxy) is 2. The minimum atomic E-state index is -2.78. The number of alkyl halides is 3. The zero-order valence-electron chi connectivity index (χ0n) is 25.4. The predicted molar refractivity (Wildman–Crippen MR) is 169 cm³/mol. The van der Waals surface area contributed by atoms with E-state index in [-0.39, 0.29) is 48.7 Å². The fraction of sp³-hybridized carbons (Fsp3) is 0.552. The van der Waals surface area contributed by atoms with E-state index in [0.717, 1.165) is 16.9 Å². The molecule has 6 rings (SSSR count). The van der Waals surface area contributed by atoms with Crippen LogP contribution in [0.15, 0.2) is 35.6 Å². The summed E-state index contributed by atoms with van der Waals surface area (Å²) < 4.78 is 9.01. The van der Waals surface area contributed by atoms with Gasteiger partial charge in [0.25, 0.3) is 5.91 Å². The number of halogens is 3. The van der Waals surface area contributed by atoms with Crippen LogP contribution in [-0.4, -0.2) is 109 Å². The number of likely N-dealkylation sites (tertiary alicyclic amines) is 1. The van der Waals surface area contributed by atoms with Gasteiger partial charge in [-0.1, -0.05) is 67.4 Å². The number of rotatable bonds is 5. The molecule has 4 amide bonds. The van der Waals surface area contributed by atoms with Crippen molar-refractivity contribution in [1.82, 2.24) is 31.1 Å². The largest absolute Gasteiger partial charge is 0.492 e. The van der Waals surface area contributed by atoms with Gasteiger partial charge in [-0.3, -0.25) is 24.6 Å². The fourth-order valence-electron chi connectivity index (χ4n) is 6.90. The lowest BCUT2D eigenvalue weighted by Gasteiger charge is -2.49. The number of imide groups is 1. The Kier molecular flexibility index (Phi) is 8.23. The average molecular weight is 715 g/mol. The Bertz CT molecular complexity index is 1560. The normalized spacial score (nSPS) is 28.7. The van der Waals surface area contributed by atoms with E-state index in [4.69, 9.17) is 44.3 Å². The summed E-state index contributed by atoms with van der Waals surface area (Å²) in [4.78, 5) is 58.8. The number of amides is 4. The van der Waals surface area contributed by atoms with Crippen LogP contribution in [0.5, 0.6) is 5.75 Å². The van der Waals surface area contributed by atoms with Crippen LogP contribution in [0.3, 0.4) is 0 Å². The van der Waals surface area contributed by atoms with Crippen molar-refractivity contribution < 1.29 is 38.9 Å². The van der Waals surface area contributed by atoms with Crippen LogP contribution >= 0.6 is 34.8 Å². The number of hydrogen-bond acceptors (Lipinski definition) is 12. The molecular weight excluding hydrogens is 681 g/mol. The molecule has 47 heavy (non-hydrogen) atoms. The van der Waals surface area contributed by atoms with Crippen molar-refractivity contribution in [3.05, 3.63) is 41.7 Å². The van der Waals surface area contributed by atoms with Gasteiger partial charge in [0.1, 0.15) is 18.4 Å². The highest BCUT2D eigenvalue weighted by Gasteiger charge is 2.74. The van der Waals surface area contributed by atoms with E-state index in [1.54, 1.807) is 12.1 Å². The van der Waals surface area contributed by atoms with Crippen LogP contribution in [0.2, 0.25) is 0 Å². The summed E-state index contributed by atoms with van der Waals surface area (Å²) in [6, 6.07) is 1.73. The van der Waals surface area contributed by atoms with E-state index in [1.165, 1.54) is 4.90 Å². The van der Waals surface area contributed by atoms with E-state index < -0.39 is 63.8 Å². The van der Waals surface area contributed by atoms with Crippen molar-refractivity contribution in [1.29, 1.82) is 0 Å². The molecule has 0 radical (unpaired) electrons. The summed E-state index contributed by atoms with van der Waals surface area (Å²) in [6.45, 7) is 7.23. The van der Waals surface area contributed by atoms with Crippen LogP contribution in [0.4, 0.5) is 4.79 Å². The lowest BCUT2D eigenvalue weighted by Crippen LogP contribution is -2.78. The van der Waals surface area contributed by atoms with Crippen molar-refractivity contribution >= 4 is 64.6 Å². The van der Waals surface area contributed by atoms with Gasteiger partial charge in [-0.2, -0.15) is 0 Å². The molecular formula is C29H34Cl3N7O8. The molecule has 0 saturated carbocycles. The number of fused-ring (bicyclic) bond motifs is 1. The molecule has 0 unspecified atom stereocenters. The third-order valence-corrected chi connectivity index (χ3v) is 9.59. The van der Waals surface area contributed by atoms with Crippen molar-refractivity contribution in [2.24, 2.45) is 4.99 Å². The lowest BCUT2D eigenvalue weighted by molar-refractivity contribution is -0.231. The first-order valence-corrected chi connectivity index (χ1v) is 16.0. The Labute approximate surface area is 284 Å². The number of nitrogens with one attached hydrogen (secondary N) is 4. The molecule has 18 heteroatoms. The third kappa shape index (κ3) is 5.71. The lowest BCUT2D eigenvalue weighted by atomic mass is 9.79. The minimum Gasteiger partial charge on any atom is -0.492 e. The second-order valence-corrected chi connectivity index (χ2v) is 15.3. The molecule has 0 aliphatic carbocycles. The van der Waals surface area contributed by atoms with E-state index in [9.17, 15) is 29.4 Å². The van der Waals surface area contributed by atoms with Gasteiger partial charge < -0.3 is 40.5 Å². The van der Waals surface area contributed by atoms with Gasteiger partial charge in [0.2, 0.25) is 27.4 Å². The topological polar surface area (TPSA) is 194 Å². The first-order valence-electron chi connectivity index (χ1n) is 14.9. The number of alkyl carbamates (subject to hydrolysis) is 1. The molecule has 0 aromatic heterocycles. The van der Waals surface area contributed by atoms with Gasteiger partial charge >= 0.3 is 6.09 Å². The maximum atomic E-state index is 13.8. The molecule has 0 bridgehead atoms. The standard InChI is InChI=1S/C29H34Cl3N7O8/c1-14-33-22-17(11-38-19(40)7-8-20(38)41)34-24(36-25(43)47-13-27(30,31)32)39-12-18(29(44,45)28(22,39)37-14)35-23(42)15-5-4-6-16-21(15)46-10-9-26(16,2)3/h4-6,17-18,22,33,37,44-45H,1,7-13H2,2-3H3,(H,35,42)(H,34,36,43)/t17-,18-,22-,28-/m0/s1. The molecule has 5 aliphatic rings. The first kappa shape index (κ1) is 33.4. The monoisotopic (exact) mass is 713 g/mol. The zero-order chi connectivity index (χ0) is 34.1. The maximum Gasteiger partial charge on any atom is 0.414 e. The molecule has 1 aromatic rings. The predicted octanol–water partition coefficient (Wildman–Crippen LogP) is 0.554. The molecule has 5 aliphatic heterocycles. The smallest absolute Gasteiger partial charge is 0.414 e. The highest BCUT2D eigenvalue weighted by molar-refractivity contribution is 6.67. The molecule has 1 spiro atoms. The maximum absolute atomic E-state index is 13.8. The Hall–Kier alpha value is -3.50. The average Bonchev–Trinajstić information content (AvgIpc) is 3.58. The van der Waals surface area contributed by atoms with Crippen LogP contribution in [-0.2, 0) is 19.7 Å². The van der Waals surface area contributed by atoms with E-state index in [0.29, 0.717) is 12.4 Å². The minimum absolute atomic E-state index is 0.0200. The molecule has 3 fully saturated rings. The van der Waals surface area contributed by atoms with E-state index in [1.807, 2.05) is 19.9 Å². The fourth-order valence-corrected chi connectivity index (χ4v) is 7.07. The van der Waals surface area contributed by atoms with E-state index >= 15 is 0 Å². The third-order valence-electron chi connectivity index (χ3n) is 9.26. The Morgan fingerprint density at radius 3 is 2.60 bits per heavy atom. The van der Waals surface area contributed by atoms with Crippen molar-refractivity contribution in [3.63, 3.8) is 0 Å². The summed E-state index contributed by atoms with van der Waals surface area (Å²) in [5.41, 5.74) is -1.14. The number of para-hydroxylation sites is 1. The summed E-state index contributed by atoms with van der Waals surface area (Å²) >= 11 is 17.2. The number of hydrogen-bond donors (Lipinski definition) is 6.